The molecule has 0 saturated carbocycles. The predicted octanol–water partition coefficient (Wildman–Crippen LogP) is 1.74. The van der Waals surface area contributed by atoms with Gasteiger partial charge in [0.1, 0.15) is 5.75 Å². The summed E-state index contributed by atoms with van der Waals surface area (Å²) < 4.78 is 10.2. The highest BCUT2D eigenvalue weighted by atomic mass is 16.5. The minimum atomic E-state index is -0.737. The number of hydrogen-bond acceptors (Lipinski definition) is 5. The Morgan fingerprint density at radius 3 is 2.43 bits per heavy atom. The summed E-state index contributed by atoms with van der Waals surface area (Å²) in [5.74, 6) is -0.480. The molecule has 0 fully saturated rings. The first-order chi connectivity index (χ1) is 9.64. The lowest BCUT2D eigenvalue weighted by molar-refractivity contribution is -0.128. The molecule has 6 nitrogen and oxygen atoms in total. The van der Waals surface area contributed by atoms with Crippen molar-refractivity contribution >= 4 is 17.6 Å². The Hall–Kier alpha value is -2.24. The molecule has 0 aliphatic carbocycles. The molecule has 1 amide bonds. The van der Waals surface area contributed by atoms with Crippen molar-refractivity contribution in [3.63, 3.8) is 0 Å². The van der Waals surface area contributed by atoms with E-state index in [1.165, 1.54) is 25.3 Å². The molecule has 0 bridgehead atoms. The predicted molar refractivity (Wildman–Crippen MR) is 80.2 cm³/mol. The third-order valence-corrected chi connectivity index (χ3v) is 2.61. The monoisotopic (exact) mass is 294 g/mol. The number of hydrogen-bond donors (Lipinski definition) is 2. The van der Waals surface area contributed by atoms with Crippen molar-refractivity contribution in [1.29, 1.82) is 0 Å². The zero-order valence-electron chi connectivity index (χ0n) is 13.0. The van der Waals surface area contributed by atoms with Gasteiger partial charge in [0.2, 0.25) is 0 Å². The summed E-state index contributed by atoms with van der Waals surface area (Å²) >= 11 is 0. The number of ether oxygens (including phenoxy) is 2. The van der Waals surface area contributed by atoms with Gasteiger partial charge in [-0.3, -0.25) is 4.79 Å². The second-order valence-electron chi connectivity index (χ2n) is 5.74. The van der Waals surface area contributed by atoms with Gasteiger partial charge in [-0.25, -0.2) is 4.79 Å². The van der Waals surface area contributed by atoms with Crippen LogP contribution in [0.3, 0.4) is 0 Å². The minimum Gasteiger partial charge on any atom is -0.479 e. The summed E-state index contributed by atoms with van der Waals surface area (Å²) in [5.41, 5.74) is 6.10. The number of carbonyl (C=O) groups excluding carboxylic acids is 2. The maximum atomic E-state index is 12.0. The smallest absolute Gasteiger partial charge is 0.337 e. The number of carbonyl (C=O) groups is 2. The van der Waals surface area contributed by atoms with Crippen molar-refractivity contribution in [2.24, 2.45) is 0 Å². The highest BCUT2D eigenvalue weighted by Crippen LogP contribution is 2.24. The summed E-state index contributed by atoms with van der Waals surface area (Å²) in [6.45, 7) is 7.25. The first-order valence-corrected chi connectivity index (χ1v) is 6.60. The first-order valence-electron chi connectivity index (χ1n) is 6.60. The summed E-state index contributed by atoms with van der Waals surface area (Å²) in [5, 5.41) is 2.81. The van der Waals surface area contributed by atoms with Crippen LogP contribution in [0.4, 0.5) is 5.69 Å². The van der Waals surface area contributed by atoms with E-state index in [4.69, 9.17) is 10.5 Å². The molecule has 116 valence electrons. The molecule has 21 heavy (non-hydrogen) atoms. The summed E-state index contributed by atoms with van der Waals surface area (Å²) in [6, 6.07) is 4.53. The molecule has 0 aromatic heterocycles. The molecule has 1 aromatic rings. The topological polar surface area (TPSA) is 90.7 Å². The number of nitrogen functional groups attached to an aromatic ring is 1. The van der Waals surface area contributed by atoms with E-state index in [2.05, 4.69) is 10.1 Å². The number of methoxy groups -OCH3 is 1. The number of benzene rings is 1. The molecule has 6 heteroatoms. The van der Waals surface area contributed by atoms with Crippen LogP contribution in [0.25, 0.3) is 0 Å². The average Bonchev–Trinajstić information content (AvgIpc) is 2.38. The highest BCUT2D eigenvalue weighted by molar-refractivity contribution is 5.90. The van der Waals surface area contributed by atoms with Gasteiger partial charge in [0.05, 0.1) is 18.4 Å². The lowest BCUT2D eigenvalue weighted by atomic mass is 10.1. The molecule has 0 aliphatic rings. The van der Waals surface area contributed by atoms with Crippen LogP contribution in [0.15, 0.2) is 18.2 Å². The molecule has 1 unspecified atom stereocenters. The maximum Gasteiger partial charge on any atom is 0.337 e. The Kier molecular flexibility index (Phi) is 5.18. The van der Waals surface area contributed by atoms with E-state index in [1.807, 2.05) is 20.8 Å². The fourth-order valence-corrected chi connectivity index (χ4v) is 1.60. The second kappa shape index (κ2) is 6.47. The number of rotatable bonds is 4. The van der Waals surface area contributed by atoms with Crippen molar-refractivity contribution in [1.82, 2.24) is 5.32 Å². The number of anilines is 1. The molecule has 0 radical (unpaired) electrons. The highest BCUT2D eigenvalue weighted by Gasteiger charge is 2.21. The minimum absolute atomic E-state index is 0.259. The summed E-state index contributed by atoms with van der Waals surface area (Å²) in [7, 11) is 1.29. The van der Waals surface area contributed by atoms with Gasteiger partial charge in [-0.15, -0.1) is 0 Å². The van der Waals surface area contributed by atoms with E-state index in [9.17, 15) is 9.59 Å². The van der Waals surface area contributed by atoms with Gasteiger partial charge in [-0.2, -0.15) is 0 Å². The molecule has 0 saturated heterocycles. The molecule has 1 atom stereocenters. The van der Waals surface area contributed by atoms with Crippen LogP contribution in [-0.4, -0.2) is 30.6 Å². The van der Waals surface area contributed by atoms with Crippen molar-refractivity contribution in [3.05, 3.63) is 23.8 Å². The molecular formula is C15H22N2O4. The van der Waals surface area contributed by atoms with Crippen LogP contribution in [0.5, 0.6) is 5.75 Å². The van der Waals surface area contributed by atoms with Crippen molar-refractivity contribution in [3.8, 4) is 5.75 Å². The third kappa shape index (κ3) is 4.98. The molecule has 0 heterocycles. The number of nitrogens with two attached hydrogens (primary N) is 1. The zero-order valence-corrected chi connectivity index (χ0v) is 13.0. The SMILES string of the molecule is COC(=O)c1ccc(N)c(OC(C)C(=O)NC(C)(C)C)c1. The Labute approximate surface area is 124 Å². The van der Waals surface area contributed by atoms with Crippen LogP contribution in [0.1, 0.15) is 38.1 Å². The van der Waals surface area contributed by atoms with E-state index in [0.717, 1.165) is 0 Å². The second-order valence-corrected chi connectivity index (χ2v) is 5.74. The Balaban J connectivity index is 2.87. The van der Waals surface area contributed by atoms with Crippen LogP contribution in [0, 0.1) is 0 Å². The van der Waals surface area contributed by atoms with Gasteiger partial charge in [-0.1, -0.05) is 0 Å². The van der Waals surface area contributed by atoms with Gasteiger partial charge < -0.3 is 20.5 Å². The van der Waals surface area contributed by atoms with Crippen LogP contribution in [-0.2, 0) is 9.53 Å². The molecule has 0 aliphatic heterocycles. The zero-order chi connectivity index (χ0) is 16.2. The van der Waals surface area contributed by atoms with Crippen molar-refractivity contribution in [2.75, 3.05) is 12.8 Å². The van der Waals surface area contributed by atoms with E-state index < -0.39 is 12.1 Å². The van der Waals surface area contributed by atoms with Gasteiger partial charge in [-0.05, 0) is 45.9 Å². The third-order valence-electron chi connectivity index (χ3n) is 2.61. The van der Waals surface area contributed by atoms with Crippen LogP contribution < -0.4 is 15.8 Å². The molecule has 3 N–H and O–H groups in total. The average molecular weight is 294 g/mol. The summed E-state index contributed by atoms with van der Waals surface area (Å²) in [4.78, 5) is 23.5. The molecule has 1 aromatic carbocycles. The standard InChI is InChI=1S/C15H22N2O4/c1-9(13(18)17-15(2,3)4)21-12-8-10(14(19)20-5)6-7-11(12)16/h6-9H,16H2,1-5H3,(H,17,18). The lowest BCUT2D eigenvalue weighted by Crippen LogP contribution is -2.46. The van der Waals surface area contributed by atoms with E-state index in [0.29, 0.717) is 11.3 Å². The first kappa shape index (κ1) is 16.8. The normalized spacial score (nSPS) is 12.4. The van der Waals surface area contributed by atoms with Gasteiger partial charge in [0.25, 0.3) is 5.91 Å². The Morgan fingerprint density at radius 1 is 1.29 bits per heavy atom. The van der Waals surface area contributed by atoms with Crippen LogP contribution in [0.2, 0.25) is 0 Å². The molecule has 0 spiro atoms. The Morgan fingerprint density at radius 2 is 1.90 bits per heavy atom. The quantitative estimate of drug-likeness (QED) is 0.652. The lowest BCUT2D eigenvalue weighted by Gasteiger charge is -2.24. The van der Waals surface area contributed by atoms with Crippen molar-refractivity contribution in [2.45, 2.75) is 39.3 Å². The van der Waals surface area contributed by atoms with Gasteiger partial charge >= 0.3 is 5.97 Å². The Bertz CT molecular complexity index is 535. The molecule has 1 rings (SSSR count). The fraction of sp³-hybridized carbons (Fsp3) is 0.467. The number of esters is 1. The van der Waals surface area contributed by atoms with Crippen molar-refractivity contribution < 1.29 is 19.1 Å². The summed E-state index contributed by atoms with van der Waals surface area (Å²) in [6.07, 6.45) is -0.737. The van der Waals surface area contributed by atoms with E-state index >= 15 is 0 Å². The van der Waals surface area contributed by atoms with Gasteiger partial charge in [0.15, 0.2) is 6.10 Å². The number of amides is 1. The van der Waals surface area contributed by atoms with Gasteiger partial charge in [0, 0.05) is 5.54 Å². The van der Waals surface area contributed by atoms with E-state index in [1.54, 1.807) is 6.92 Å². The van der Waals surface area contributed by atoms with E-state index in [-0.39, 0.29) is 17.2 Å². The maximum absolute atomic E-state index is 12.0. The van der Waals surface area contributed by atoms with Crippen LogP contribution >= 0.6 is 0 Å². The molecular weight excluding hydrogens is 272 g/mol. The number of nitrogens with one attached hydrogen (secondary N) is 1. The largest absolute Gasteiger partial charge is 0.479 e. The fourth-order valence-electron chi connectivity index (χ4n) is 1.60.